The normalized spacial score (nSPS) is 23.3. The maximum Gasteiger partial charge on any atom is 0.259 e. The molecule has 2 heterocycles. The van der Waals surface area contributed by atoms with Gasteiger partial charge in [-0.15, -0.1) is 0 Å². The zero-order valence-corrected chi connectivity index (χ0v) is 14.8. The minimum absolute atomic E-state index is 0.0835. The summed E-state index contributed by atoms with van der Waals surface area (Å²) in [7, 11) is 0. The van der Waals surface area contributed by atoms with Crippen molar-refractivity contribution in [3.8, 4) is 0 Å². The lowest BCUT2D eigenvalue weighted by molar-refractivity contribution is 0.0702. The number of aromatic nitrogens is 1. The molecule has 2 fully saturated rings. The average Bonchev–Trinajstić information content (AvgIpc) is 3.27. The van der Waals surface area contributed by atoms with Gasteiger partial charge in [0.05, 0.1) is 5.69 Å². The molecular weight excluding hydrogens is 290 g/mol. The maximum absolute atomic E-state index is 13.0. The highest BCUT2D eigenvalue weighted by Crippen LogP contribution is 2.32. The molecule has 1 amide bonds. The summed E-state index contributed by atoms with van der Waals surface area (Å²) < 4.78 is 5.19. The summed E-state index contributed by atoms with van der Waals surface area (Å²) in [6, 6.07) is 0.447. The third-order valence-corrected chi connectivity index (χ3v) is 5.24. The van der Waals surface area contributed by atoms with Crippen molar-refractivity contribution in [3.05, 3.63) is 17.0 Å². The zero-order chi connectivity index (χ0) is 16.6. The van der Waals surface area contributed by atoms with Crippen LogP contribution >= 0.6 is 0 Å². The van der Waals surface area contributed by atoms with Crippen molar-refractivity contribution in [2.45, 2.75) is 53.0 Å². The van der Waals surface area contributed by atoms with E-state index in [2.05, 4.69) is 23.9 Å². The topological polar surface area (TPSA) is 49.6 Å². The predicted octanol–water partition coefficient (Wildman–Crippen LogP) is 2.87. The third-order valence-electron chi connectivity index (χ3n) is 5.24. The number of carbonyl (C=O) groups is 1. The van der Waals surface area contributed by atoms with E-state index in [0.29, 0.717) is 29.0 Å². The van der Waals surface area contributed by atoms with Crippen molar-refractivity contribution in [1.29, 1.82) is 0 Å². The van der Waals surface area contributed by atoms with E-state index in [1.165, 1.54) is 19.4 Å². The van der Waals surface area contributed by atoms with Gasteiger partial charge in [-0.05, 0) is 44.9 Å². The van der Waals surface area contributed by atoms with Gasteiger partial charge in [0.15, 0.2) is 0 Å². The van der Waals surface area contributed by atoms with Gasteiger partial charge in [-0.3, -0.25) is 9.69 Å². The summed E-state index contributed by atoms with van der Waals surface area (Å²) in [5.74, 6) is 2.15. The van der Waals surface area contributed by atoms with Crippen LogP contribution in [0.5, 0.6) is 0 Å². The van der Waals surface area contributed by atoms with Crippen LogP contribution in [0.3, 0.4) is 0 Å². The molecule has 5 heteroatoms. The van der Waals surface area contributed by atoms with Crippen molar-refractivity contribution in [2.24, 2.45) is 11.8 Å². The van der Waals surface area contributed by atoms with Crippen LogP contribution in [-0.4, -0.2) is 53.1 Å². The number of amides is 1. The average molecular weight is 319 g/mol. The first-order valence-corrected chi connectivity index (χ1v) is 8.93. The molecule has 2 aliphatic rings. The third kappa shape index (κ3) is 3.60. The molecule has 1 aromatic rings. The summed E-state index contributed by atoms with van der Waals surface area (Å²) in [5, 5.41) is 3.94. The maximum atomic E-state index is 13.0. The predicted molar refractivity (Wildman–Crippen MR) is 89.4 cm³/mol. The van der Waals surface area contributed by atoms with E-state index < -0.39 is 0 Å². The van der Waals surface area contributed by atoms with Gasteiger partial charge in [0.2, 0.25) is 0 Å². The van der Waals surface area contributed by atoms with Gasteiger partial charge >= 0.3 is 0 Å². The molecule has 3 rings (SSSR count). The van der Waals surface area contributed by atoms with E-state index >= 15 is 0 Å². The summed E-state index contributed by atoms with van der Waals surface area (Å²) in [4.78, 5) is 17.6. The number of hydrogen-bond donors (Lipinski definition) is 0. The van der Waals surface area contributed by atoms with Gasteiger partial charge in [0.25, 0.3) is 5.91 Å². The minimum Gasteiger partial charge on any atom is -0.361 e. The van der Waals surface area contributed by atoms with Gasteiger partial charge in [-0.1, -0.05) is 19.0 Å². The molecule has 0 N–H and O–H groups in total. The van der Waals surface area contributed by atoms with Crippen LogP contribution < -0.4 is 0 Å². The van der Waals surface area contributed by atoms with Crippen LogP contribution in [0, 0.1) is 25.7 Å². The first kappa shape index (κ1) is 16.5. The molecule has 1 aliphatic carbocycles. The highest BCUT2D eigenvalue weighted by Gasteiger charge is 2.34. The van der Waals surface area contributed by atoms with E-state index in [-0.39, 0.29) is 5.91 Å². The van der Waals surface area contributed by atoms with Gasteiger partial charge in [0.1, 0.15) is 11.3 Å². The summed E-state index contributed by atoms with van der Waals surface area (Å²) >= 11 is 0. The fourth-order valence-electron chi connectivity index (χ4n) is 3.69. The fraction of sp³-hybridized carbons (Fsp3) is 0.778. The van der Waals surface area contributed by atoms with Crippen LogP contribution in [0.1, 0.15) is 54.9 Å². The van der Waals surface area contributed by atoms with Crippen molar-refractivity contribution in [2.75, 3.05) is 26.2 Å². The Labute approximate surface area is 139 Å². The quantitative estimate of drug-likeness (QED) is 0.856. The van der Waals surface area contributed by atoms with Crippen LogP contribution in [0.25, 0.3) is 0 Å². The largest absolute Gasteiger partial charge is 0.361 e. The van der Waals surface area contributed by atoms with Crippen LogP contribution in [0.2, 0.25) is 0 Å². The van der Waals surface area contributed by atoms with Gasteiger partial charge in [-0.25, -0.2) is 0 Å². The molecule has 5 nitrogen and oxygen atoms in total. The highest BCUT2D eigenvalue weighted by atomic mass is 16.5. The Morgan fingerprint density at radius 3 is 2.61 bits per heavy atom. The SMILES string of the molecule is Cc1noc(C)c1C(=O)N1CCCN(CC2CC2)[C@H](C(C)C)C1. The van der Waals surface area contributed by atoms with Crippen LogP contribution in [0.15, 0.2) is 4.52 Å². The first-order valence-electron chi connectivity index (χ1n) is 8.93. The molecule has 0 spiro atoms. The molecule has 0 radical (unpaired) electrons. The van der Waals surface area contributed by atoms with E-state index in [1.54, 1.807) is 0 Å². The molecular formula is C18H29N3O2. The first-order chi connectivity index (χ1) is 11.0. The van der Waals surface area contributed by atoms with E-state index in [4.69, 9.17) is 4.52 Å². The van der Waals surface area contributed by atoms with Gasteiger partial charge in [-0.2, -0.15) is 0 Å². The molecule has 1 aliphatic heterocycles. The van der Waals surface area contributed by atoms with Gasteiger partial charge in [0, 0.05) is 32.2 Å². The van der Waals surface area contributed by atoms with Crippen molar-refractivity contribution in [3.63, 3.8) is 0 Å². The standard InChI is InChI=1S/C18H29N3O2/c1-12(2)16-11-21(9-5-8-20(16)10-15-6-7-15)18(22)17-13(3)19-23-14(17)4/h12,15-16H,5-11H2,1-4H3/t16-/m0/s1. The minimum atomic E-state index is 0.0835. The molecule has 0 bridgehead atoms. The smallest absolute Gasteiger partial charge is 0.259 e. The number of carbonyl (C=O) groups excluding carboxylic acids is 1. The molecule has 0 unspecified atom stereocenters. The van der Waals surface area contributed by atoms with Crippen molar-refractivity contribution < 1.29 is 9.32 Å². The Balaban J connectivity index is 1.76. The Kier molecular flexibility index (Phi) is 4.76. The molecule has 1 saturated carbocycles. The lowest BCUT2D eigenvalue weighted by Gasteiger charge is -2.34. The molecule has 1 aromatic heterocycles. The molecule has 23 heavy (non-hydrogen) atoms. The number of aryl methyl sites for hydroxylation is 2. The lowest BCUT2D eigenvalue weighted by Crippen LogP contribution is -2.46. The van der Waals surface area contributed by atoms with E-state index in [0.717, 1.165) is 32.0 Å². The number of nitrogens with zero attached hydrogens (tertiary/aromatic N) is 3. The van der Waals surface area contributed by atoms with Crippen molar-refractivity contribution in [1.82, 2.24) is 15.0 Å². The molecule has 128 valence electrons. The van der Waals surface area contributed by atoms with E-state index in [1.807, 2.05) is 18.7 Å². The summed E-state index contributed by atoms with van der Waals surface area (Å²) in [6.45, 7) is 12.2. The molecule has 1 saturated heterocycles. The van der Waals surface area contributed by atoms with Crippen LogP contribution in [-0.2, 0) is 0 Å². The Morgan fingerprint density at radius 1 is 1.30 bits per heavy atom. The molecule has 0 aromatic carbocycles. The number of hydrogen-bond acceptors (Lipinski definition) is 4. The van der Waals surface area contributed by atoms with Crippen molar-refractivity contribution >= 4 is 5.91 Å². The Morgan fingerprint density at radius 2 is 2.04 bits per heavy atom. The lowest BCUT2D eigenvalue weighted by atomic mass is 10.0. The summed E-state index contributed by atoms with van der Waals surface area (Å²) in [5.41, 5.74) is 1.36. The fourth-order valence-corrected chi connectivity index (χ4v) is 3.69. The molecule has 1 atom stereocenters. The van der Waals surface area contributed by atoms with Gasteiger partial charge < -0.3 is 9.42 Å². The monoisotopic (exact) mass is 319 g/mol. The second-order valence-electron chi connectivity index (χ2n) is 7.55. The van der Waals surface area contributed by atoms with E-state index in [9.17, 15) is 4.79 Å². The highest BCUT2D eigenvalue weighted by molar-refractivity contribution is 5.96. The van der Waals surface area contributed by atoms with Crippen LogP contribution in [0.4, 0.5) is 0 Å². The second kappa shape index (κ2) is 6.63. The number of rotatable bonds is 4. The Hall–Kier alpha value is -1.36. The summed E-state index contributed by atoms with van der Waals surface area (Å²) in [6.07, 6.45) is 3.80. The zero-order valence-electron chi connectivity index (χ0n) is 14.8. The Bertz CT molecular complexity index is 543. The second-order valence-corrected chi connectivity index (χ2v) is 7.55.